The number of carbonyl (C=O) groups is 1. The van der Waals surface area contributed by atoms with Crippen LogP contribution >= 0.6 is 34.8 Å². The summed E-state index contributed by atoms with van der Waals surface area (Å²) in [6, 6.07) is 6.63. The maximum atomic E-state index is 11.9. The van der Waals surface area contributed by atoms with Crippen LogP contribution < -0.4 is 5.32 Å². The molecule has 0 spiro atoms. The second kappa shape index (κ2) is 6.39. The lowest BCUT2D eigenvalue weighted by Gasteiger charge is -2.06. The zero-order valence-electron chi connectivity index (χ0n) is 10.5. The maximum absolute atomic E-state index is 11.9. The number of aryl methyl sites for hydroxylation is 1. The number of nitrogens with zero attached hydrogens (tertiary/aromatic N) is 2. The van der Waals surface area contributed by atoms with Crippen molar-refractivity contribution in [3.63, 3.8) is 0 Å². The minimum atomic E-state index is -0.259. The number of hydrogen-bond acceptors (Lipinski definition) is 3. The number of benzene rings is 1. The molecule has 1 heterocycles. The summed E-state index contributed by atoms with van der Waals surface area (Å²) in [5, 5.41) is 3.72. The molecule has 0 saturated carbocycles. The molecule has 1 aromatic heterocycles. The summed E-state index contributed by atoms with van der Waals surface area (Å²) in [7, 11) is 0. The molecule has 0 aliphatic rings. The number of hydrogen-bond donors (Lipinski definition) is 1. The van der Waals surface area contributed by atoms with E-state index in [0.717, 1.165) is 5.56 Å². The van der Waals surface area contributed by atoms with E-state index in [2.05, 4.69) is 15.3 Å². The van der Waals surface area contributed by atoms with Gasteiger partial charge in [0.1, 0.15) is 5.15 Å². The Hall–Kier alpha value is -1.36. The third-order valence-corrected chi connectivity index (χ3v) is 3.36. The fourth-order valence-electron chi connectivity index (χ4n) is 1.59. The van der Waals surface area contributed by atoms with Crippen molar-refractivity contribution < 1.29 is 4.79 Å². The molecule has 0 aliphatic heterocycles. The summed E-state index contributed by atoms with van der Waals surface area (Å²) < 4.78 is 0. The second-order valence-corrected chi connectivity index (χ2v) is 5.33. The van der Waals surface area contributed by atoms with Crippen LogP contribution in [-0.4, -0.2) is 15.9 Å². The van der Waals surface area contributed by atoms with Crippen molar-refractivity contribution in [2.45, 2.75) is 13.3 Å². The summed E-state index contributed by atoms with van der Waals surface area (Å²) >= 11 is 17.5. The number of rotatable bonds is 3. The van der Waals surface area contributed by atoms with E-state index in [1.54, 1.807) is 31.2 Å². The quantitative estimate of drug-likeness (QED) is 0.868. The predicted molar refractivity (Wildman–Crippen MR) is 80.6 cm³/mol. The molecular formula is C13H10Cl3N3O. The van der Waals surface area contributed by atoms with E-state index in [9.17, 15) is 4.79 Å². The van der Waals surface area contributed by atoms with Crippen LogP contribution in [0.5, 0.6) is 0 Å². The van der Waals surface area contributed by atoms with Crippen LogP contribution in [0.2, 0.25) is 15.2 Å². The molecule has 0 bridgehead atoms. The van der Waals surface area contributed by atoms with Crippen molar-refractivity contribution in [3.05, 3.63) is 50.7 Å². The summed E-state index contributed by atoms with van der Waals surface area (Å²) in [6.07, 6.45) is 0.145. The number of halogens is 3. The molecule has 0 radical (unpaired) electrons. The van der Waals surface area contributed by atoms with Gasteiger partial charge in [-0.15, -0.1) is 0 Å². The van der Waals surface area contributed by atoms with Crippen LogP contribution in [-0.2, 0) is 11.2 Å². The summed E-state index contributed by atoms with van der Waals surface area (Å²) in [5.74, 6) is -0.0786. The molecule has 0 atom stereocenters. The zero-order valence-corrected chi connectivity index (χ0v) is 12.7. The molecule has 0 aliphatic carbocycles. The molecule has 0 fully saturated rings. The fraction of sp³-hybridized carbons (Fsp3) is 0.154. The first kappa shape index (κ1) is 15.0. The van der Waals surface area contributed by atoms with Crippen molar-refractivity contribution >= 4 is 46.7 Å². The summed E-state index contributed by atoms with van der Waals surface area (Å²) in [5.41, 5.74) is 1.42. The Bertz CT molecular complexity index is 641. The molecular weight excluding hydrogens is 321 g/mol. The second-order valence-electron chi connectivity index (χ2n) is 4.13. The van der Waals surface area contributed by atoms with E-state index in [4.69, 9.17) is 34.8 Å². The molecule has 0 unspecified atom stereocenters. The number of aromatic nitrogens is 2. The third-order valence-electron chi connectivity index (χ3n) is 2.42. The van der Waals surface area contributed by atoms with Crippen LogP contribution in [0.1, 0.15) is 11.3 Å². The van der Waals surface area contributed by atoms with Gasteiger partial charge in [0, 0.05) is 5.69 Å². The van der Waals surface area contributed by atoms with Crippen LogP contribution in [0.25, 0.3) is 0 Å². The highest BCUT2D eigenvalue weighted by atomic mass is 35.5. The predicted octanol–water partition coefficient (Wildman–Crippen LogP) is 3.93. The Morgan fingerprint density at radius 1 is 1.15 bits per heavy atom. The average Bonchev–Trinajstić information content (AvgIpc) is 2.32. The summed E-state index contributed by atoms with van der Waals surface area (Å²) in [4.78, 5) is 19.9. The van der Waals surface area contributed by atoms with E-state index >= 15 is 0 Å². The van der Waals surface area contributed by atoms with E-state index < -0.39 is 0 Å². The third kappa shape index (κ3) is 4.07. The van der Waals surface area contributed by atoms with Crippen LogP contribution in [0.4, 0.5) is 5.95 Å². The normalized spacial score (nSPS) is 10.4. The molecule has 104 valence electrons. The molecule has 1 amide bonds. The van der Waals surface area contributed by atoms with Gasteiger partial charge in [-0.3, -0.25) is 10.1 Å². The highest BCUT2D eigenvalue weighted by Crippen LogP contribution is 2.22. The Kier molecular flexibility index (Phi) is 4.81. The van der Waals surface area contributed by atoms with Crippen molar-refractivity contribution in [3.8, 4) is 0 Å². The van der Waals surface area contributed by atoms with Crippen LogP contribution in [0.15, 0.2) is 24.3 Å². The van der Waals surface area contributed by atoms with Crippen molar-refractivity contribution in [1.82, 2.24) is 9.97 Å². The lowest BCUT2D eigenvalue weighted by atomic mass is 10.1. The first-order valence-electron chi connectivity index (χ1n) is 5.69. The van der Waals surface area contributed by atoms with Gasteiger partial charge in [0.25, 0.3) is 0 Å². The minimum absolute atomic E-state index is 0.145. The maximum Gasteiger partial charge on any atom is 0.231 e. The molecule has 2 rings (SSSR count). The monoisotopic (exact) mass is 329 g/mol. The number of anilines is 1. The molecule has 7 heteroatoms. The Labute approximate surface area is 131 Å². The lowest BCUT2D eigenvalue weighted by Crippen LogP contribution is -2.16. The van der Waals surface area contributed by atoms with Gasteiger partial charge in [-0.25, -0.2) is 9.97 Å². The van der Waals surface area contributed by atoms with Gasteiger partial charge in [-0.05, 0) is 30.7 Å². The van der Waals surface area contributed by atoms with Gasteiger partial charge in [-0.1, -0.05) is 40.9 Å². The molecule has 20 heavy (non-hydrogen) atoms. The van der Waals surface area contributed by atoms with Crippen molar-refractivity contribution in [1.29, 1.82) is 0 Å². The average molecular weight is 331 g/mol. The van der Waals surface area contributed by atoms with E-state index in [-0.39, 0.29) is 23.4 Å². The zero-order chi connectivity index (χ0) is 14.7. The van der Waals surface area contributed by atoms with E-state index in [1.807, 2.05) is 0 Å². The highest BCUT2D eigenvalue weighted by molar-refractivity contribution is 6.42. The molecule has 1 aromatic carbocycles. The topological polar surface area (TPSA) is 54.9 Å². The Balaban J connectivity index is 2.06. The van der Waals surface area contributed by atoms with Gasteiger partial charge in [0.15, 0.2) is 0 Å². The summed E-state index contributed by atoms with van der Waals surface area (Å²) in [6.45, 7) is 1.77. The van der Waals surface area contributed by atoms with Gasteiger partial charge in [0.2, 0.25) is 11.9 Å². The van der Waals surface area contributed by atoms with E-state index in [0.29, 0.717) is 15.7 Å². The van der Waals surface area contributed by atoms with Crippen LogP contribution in [0, 0.1) is 6.92 Å². The fourth-order valence-corrected chi connectivity index (χ4v) is 2.15. The van der Waals surface area contributed by atoms with Crippen molar-refractivity contribution in [2.24, 2.45) is 0 Å². The Morgan fingerprint density at radius 3 is 2.55 bits per heavy atom. The first-order valence-corrected chi connectivity index (χ1v) is 6.82. The van der Waals surface area contributed by atoms with Gasteiger partial charge >= 0.3 is 0 Å². The number of amides is 1. The smallest absolute Gasteiger partial charge is 0.231 e. The van der Waals surface area contributed by atoms with Gasteiger partial charge < -0.3 is 0 Å². The number of nitrogens with one attached hydrogen (secondary N) is 1. The SMILES string of the molecule is Cc1cc(Cl)nc(NC(=O)Cc2ccc(Cl)c(Cl)c2)n1. The number of carbonyl (C=O) groups excluding carboxylic acids is 1. The first-order chi connectivity index (χ1) is 9.44. The molecule has 0 saturated heterocycles. The molecule has 2 aromatic rings. The van der Waals surface area contributed by atoms with Gasteiger partial charge in [0.05, 0.1) is 16.5 Å². The Morgan fingerprint density at radius 2 is 1.90 bits per heavy atom. The largest absolute Gasteiger partial charge is 0.294 e. The minimum Gasteiger partial charge on any atom is -0.294 e. The van der Waals surface area contributed by atoms with Crippen molar-refractivity contribution in [2.75, 3.05) is 5.32 Å². The van der Waals surface area contributed by atoms with Gasteiger partial charge in [-0.2, -0.15) is 0 Å². The molecule has 1 N–H and O–H groups in total. The van der Waals surface area contributed by atoms with Crippen LogP contribution in [0.3, 0.4) is 0 Å². The highest BCUT2D eigenvalue weighted by Gasteiger charge is 2.08. The lowest BCUT2D eigenvalue weighted by molar-refractivity contribution is -0.115. The molecule has 4 nitrogen and oxygen atoms in total. The van der Waals surface area contributed by atoms with E-state index in [1.165, 1.54) is 0 Å². The standard InChI is InChI=1S/C13H10Cl3N3O/c1-7-4-11(16)18-13(17-7)19-12(20)6-8-2-3-9(14)10(15)5-8/h2-5H,6H2,1H3,(H,17,18,19,20).